The summed E-state index contributed by atoms with van der Waals surface area (Å²) in [6.07, 6.45) is 2.83. The minimum absolute atomic E-state index is 0.144. The van der Waals surface area contributed by atoms with E-state index < -0.39 is 0 Å². The standard InChI is InChI=1S/C22H26N4O4/c1-27-18-12-15(11-16-14-25-22(24)26-21(16)23)13-19(20(18)28-2)30-10-6-9-29-17-7-4-3-5-8-17/h3-5,7-8,12-14H,6,9-11H2,1-2H3,(H4,23,24,25,26). The van der Waals surface area contributed by atoms with Crippen LogP contribution in [0.5, 0.6) is 23.0 Å². The van der Waals surface area contributed by atoms with Gasteiger partial charge in [-0.25, -0.2) is 4.98 Å². The van der Waals surface area contributed by atoms with Crippen LogP contribution in [0.2, 0.25) is 0 Å². The fraction of sp³-hybridized carbons (Fsp3) is 0.273. The summed E-state index contributed by atoms with van der Waals surface area (Å²) in [6.45, 7) is 1.01. The maximum atomic E-state index is 5.97. The molecule has 0 aliphatic rings. The molecule has 0 unspecified atom stereocenters. The highest BCUT2D eigenvalue weighted by Crippen LogP contribution is 2.39. The lowest BCUT2D eigenvalue weighted by atomic mass is 10.1. The molecule has 4 N–H and O–H groups in total. The number of rotatable bonds is 10. The molecule has 2 aromatic carbocycles. The number of hydrogen-bond acceptors (Lipinski definition) is 8. The Balaban J connectivity index is 1.68. The maximum absolute atomic E-state index is 5.97. The van der Waals surface area contributed by atoms with Gasteiger partial charge in [0.25, 0.3) is 0 Å². The summed E-state index contributed by atoms with van der Waals surface area (Å²) in [5.74, 6) is 3.01. The maximum Gasteiger partial charge on any atom is 0.221 e. The lowest BCUT2D eigenvalue weighted by Crippen LogP contribution is -2.07. The summed E-state index contributed by atoms with van der Waals surface area (Å²) in [6, 6.07) is 13.4. The van der Waals surface area contributed by atoms with E-state index in [1.807, 2.05) is 42.5 Å². The highest BCUT2D eigenvalue weighted by molar-refractivity contribution is 5.55. The second kappa shape index (κ2) is 10.2. The van der Waals surface area contributed by atoms with Crippen molar-refractivity contribution >= 4 is 11.8 Å². The molecule has 0 aliphatic carbocycles. The first-order chi connectivity index (χ1) is 14.6. The van der Waals surface area contributed by atoms with Gasteiger partial charge in [0.2, 0.25) is 11.7 Å². The molecule has 3 rings (SSSR count). The van der Waals surface area contributed by atoms with Gasteiger partial charge in [-0.1, -0.05) is 18.2 Å². The van der Waals surface area contributed by atoms with Crippen LogP contribution in [0.15, 0.2) is 48.7 Å². The second-order valence-electron chi connectivity index (χ2n) is 6.51. The number of para-hydroxylation sites is 1. The van der Waals surface area contributed by atoms with Gasteiger partial charge in [-0.2, -0.15) is 4.98 Å². The van der Waals surface area contributed by atoms with E-state index >= 15 is 0 Å². The van der Waals surface area contributed by atoms with E-state index in [0.29, 0.717) is 49.1 Å². The van der Waals surface area contributed by atoms with E-state index in [-0.39, 0.29) is 5.95 Å². The molecule has 1 aromatic heterocycles. The monoisotopic (exact) mass is 410 g/mol. The van der Waals surface area contributed by atoms with Gasteiger partial charge in [-0.3, -0.25) is 0 Å². The van der Waals surface area contributed by atoms with Crippen molar-refractivity contribution in [2.45, 2.75) is 12.8 Å². The second-order valence-corrected chi connectivity index (χ2v) is 6.51. The molecule has 0 atom stereocenters. The molecule has 0 radical (unpaired) electrons. The Morgan fingerprint density at radius 1 is 0.900 bits per heavy atom. The number of nitrogen functional groups attached to an aromatic ring is 2. The number of aromatic nitrogens is 2. The van der Waals surface area contributed by atoms with Crippen LogP contribution in [0.25, 0.3) is 0 Å². The number of benzene rings is 2. The molecule has 0 spiro atoms. The zero-order valence-corrected chi connectivity index (χ0v) is 17.1. The summed E-state index contributed by atoms with van der Waals surface area (Å²) >= 11 is 0. The zero-order chi connectivity index (χ0) is 21.3. The predicted octanol–water partition coefficient (Wildman–Crippen LogP) is 3.10. The van der Waals surface area contributed by atoms with Crippen molar-refractivity contribution in [2.24, 2.45) is 0 Å². The van der Waals surface area contributed by atoms with Crippen LogP contribution >= 0.6 is 0 Å². The third-order valence-electron chi connectivity index (χ3n) is 4.37. The number of nitrogens with zero attached hydrogens (tertiary/aromatic N) is 2. The van der Waals surface area contributed by atoms with Gasteiger partial charge < -0.3 is 30.4 Å². The molecule has 30 heavy (non-hydrogen) atoms. The average Bonchev–Trinajstić information content (AvgIpc) is 2.75. The van der Waals surface area contributed by atoms with E-state index in [1.165, 1.54) is 0 Å². The van der Waals surface area contributed by atoms with Crippen LogP contribution in [0.4, 0.5) is 11.8 Å². The van der Waals surface area contributed by atoms with Crippen molar-refractivity contribution in [3.8, 4) is 23.0 Å². The first kappa shape index (κ1) is 21.0. The topological polar surface area (TPSA) is 115 Å². The summed E-state index contributed by atoms with van der Waals surface area (Å²) in [5, 5.41) is 0. The van der Waals surface area contributed by atoms with Crippen LogP contribution in [0.1, 0.15) is 17.5 Å². The van der Waals surface area contributed by atoms with E-state index in [9.17, 15) is 0 Å². The van der Waals surface area contributed by atoms with Crippen molar-refractivity contribution < 1.29 is 18.9 Å². The third kappa shape index (κ3) is 5.44. The van der Waals surface area contributed by atoms with Crippen molar-refractivity contribution in [3.63, 3.8) is 0 Å². The van der Waals surface area contributed by atoms with Crippen molar-refractivity contribution in [3.05, 3.63) is 59.8 Å². The molecule has 0 saturated carbocycles. The van der Waals surface area contributed by atoms with Crippen LogP contribution in [-0.2, 0) is 6.42 Å². The van der Waals surface area contributed by atoms with E-state index in [4.69, 9.17) is 30.4 Å². The summed E-state index contributed by atoms with van der Waals surface area (Å²) in [4.78, 5) is 8.02. The summed E-state index contributed by atoms with van der Waals surface area (Å²) in [7, 11) is 3.16. The minimum atomic E-state index is 0.144. The fourth-order valence-corrected chi connectivity index (χ4v) is 2.93. The van der Waals surface area contributed by atoms with Crippen molar-refractivity contribution in [1.29, 1.82) is 0 Å². The van der Waals surface area contributed by atoms with Crippen LogP contribution in [-0.4, -0.2) is 37.4 Å². The van der Waals surface area contributed by atoms with E-state index in [0.717, 1.165) is 16.9 Å². The average molecular weight is 410 g/mol. The van der Waals surface area contributed by atoms with Gasteiger partial charge in [0.15, 0.2) is 11.5 Å². The van der Waals surface area contributed by atoms with Crippen LogP contribution in [0, 0.1) is 0 Å². The van der Waals surface area contributed by atoms with Gasteiger partial charge in [0.05, 0.1) is 27.4 Å². The minimum Gasteiger partial charge on any atom is -0.493 e. The lowest BCUT2D eigenvalue weighted by Gasteiger charge is -2.16. The van der Waals surface area contributed by atoms with E-state index in [1.54, 1.807) is 20.4 Å². The summed E-state index contributed by atoms with van der Waals surface area (Å²) < 4.78 is 22.6. The smallest absolute Gasteiger partial charge is 0.221 e. The largest absolute Gasteiger partial charge is 0.493 e. The lowest BCUT2D eigenvalue weighted by molar-refractivity contribution is 0.238. The van der Waals surface area contributed by atoms with Gasteiger partial charge in [-0.05, 0) is 29.8 Å². The Morgan fingerprint density at radius 3 is 2.33 bits per heavy atom. The quantitative estimate of drug-likeness (QED) is 0.490. The highest BCUT2D eigenvalue weighted by Gasteiger charge is 2.15. The first-order valence-electron chi connectivity index (χ1n) is 9.53. The third-order valence-corrected chi connectivity index (χ3v) is 4.37. The molecule has 8 nitrogen and oxygen atoms in total. The molecule has 8 heteroatoms. The zero-order valence-electron chi connectivity index (χ0n) is 17.1. The molecule has 0 bridgehead atoms. The predicted molar refractivity (Wildman–Crippen MR) is 115 cm³/mol. The van der Waals surface area contributed by atoms with Gasteiger partial charge in [-0.15, -0.1) is 0 Å². The van der Waals surface area contributed by atoms with Gasteiger partial charge >= 0.3 is 0 Å². The SMILES string of the molecule is COc1cc(Cc2cnc(N)nc2N)cc(OCCCOc2ccccc2)c1OC. The fourth-order valence-electron chi connectivity index (χ4n) is 2.93. The van der Waals surface area contributed by atoms with Gasteiger partial charge in [0.1, 0.15) is 11.6 Å². The Kier molecular flexibility index (Phi) is 7.15. The molecule has 158 valence electrons. The van der Waals surface area contributed by atoms with Crippen LogP contribution in [0.3, 0.4) is 0 Å². The molecular weight excluding hydrogens is 384 g/mol. The molecule has 0 fully saturated rings. The Bertz CT molecular complexity index is 967. The molecule has 1 heterocycles. The number of nitrogens with two attached hydrogens (primary N) is 2. The number of anilines is 2. The van der Waals surface area contributed by atoms with E-state index in [2.05, 4.69) is 9.97 Å². The number of methoxy groups -OCH3 is 2. The van der Waals surface area contributed by atoms with Crippen LogP contribution < -0.4 is 30.4 Å². The Labute approximate surface area is 175 Å². The first-order valence-corrected chi connectivity index (χ1v) is 9.53. The number of hydrogen-bond donors (Lipinski definition) is 2. The van der Waals surface area contributed by atoms with Gasteiger partial charge in [0, 0.05) is 24.6 Å². The molecule has 0 aliphatic heterocycles. The number of ether oxygens (including phenoxy) is 4. The molecule has 0 saturated heterocycles. The van der Waals surface area contributed by atoms with Crippen molar-refractivity contribution in [1.82, 2.24) is 9.97 Å². The molecule has 3 aromatic rings. The van der Waals surface area contributed by atoms with Crippen molar-refractivity contribution in [2.75, 3.05) is 38.9 Å². The molecule has 0 amide bonds. The Morgan fingerprint density at radius 2 is 1.63 bits per heavy atom. The highest BCUT2D eigenvalue weighted by atomic mass is 16.5. The summed E-state index contributed by atoms with van der Waals surface area (Å²) in [5.41, 5.74) is 13.2. The Hall–Kier alpha value is -3.68. The normalized spacial score (nSPS) is 10.5. The molecular formula is C22H26N4O4.